The second-order valence-corrected chi connectivity index (χ2v) is 8.05. The predicted octanol–water partition coefficient (Wildman–Crippen LogP) is -16.9. The maximum absolute atomic E-state index is 8.55. The van der Waals surface area contributed by atoms with Gasteiger partial charge in [-0.05, 0) is 0 Å². The van der Waals surface area contributed by atoms with Gasteiger partial charge < -0.3 is 115 Å². The Morgan fingerprint density at radius 2 is 0.206 bits per heavy atom. The van der Waals surface area contributed by atoms with E-state index in [0.29, 0.717) is 0 Å². The molecule has 24 nitrogen and oxygen atoms in total. The van der Waals surface area contributed by atoms with Crippen molar-refractivity contribution in [1.29, 1.82) is 0 Å². The molecule has 0 bridgehead atoms. The first-order valence-corrected chi connectivity index (χ1v) is 13.1. The van der Waals surface area contributed by atoms with E-state index in [0.717, 1.165) is 0 Å². The smallest absolute Gasteiger partial charge is 0.822 e. The van der Waals surface area contributed by atoms with Gasteiger partial charge in [0.2, 0.25) is 0 Å². The Labute approximate surface area is 351 Å². The van der Waals surface area contributed by atoms with Crippen molar-refractivity contribution in [3.05, 3.63) is 0 Å². The van der Waals surface area contributed by atoms with Crippen LogP contribution in [0.1, 0.15) is 0 Å². The number of hydrogen-bond acceptors (Lipinski definition) is 24. The van der Waals surface area contributed by atoms with Crippen LogP contribution in [-0.4, -0.2) is 0 Å². The van der Waals surface area contributed by atoms with E-state index in [1.54, 1.807) is 0 Å². The van der Waals surface area contributed by atoms with Crippen LogP contribution < -0.4 is 88.1 Å². The average Bonchev–Trinajstić information content (AvgIpc) is 1.94. The van der Waals surface area contributed by atoms with E-state index in [2.05, 4.69) is 0 Å². The maximum Gasteiger partial charge on any atom is 2.00 e. The maximum atomic E-state index is 8.55. The molecule has 0 fully saturated rings. The molecule has 0 saturated carbocycles. The summed E-state index contributed by atoms with van der Waals surface area (Å²) in [5, 5.41) is 0. The minimum absolute atomic E-state index is 0. The van der Waals surface area contributed by atoms with Crippen LogP contribution in [0.25, 0.3) is 0 Å². The summed E-state index contributed by atoms with van der Waals surface area (Å²) >= 11 is 0. The van der Waals surface area contributed by atoms with Crippen LogP contribution in [0.3, 0.4) is 0 Å². The molecule has 0 saturated heterocycles. The van der Waals surface area contributed by atoms with Gasteiger partial charge in [-0.3, -0.25) is 0 Å². The monoisotopic (exact) mass is 1180 g/mol. The van der Waals surface area contributed by atoms with E-state index in [-0.39, 0.29) is 198 Å². The number of rotatable bonds is 0. The van der Waals surface area contributed by atoms with Gasteiger partial charge in [0.25, 0.3) is 0 Å². The average molecular weight is 1180 g/mol. The van der Waals surface area contributed by atoms with Crippen LogP contribution in [0.15, 0.2) is 0 Å². The van der Waals surface area contributed by atoms with Gasteiger partial charge in [-0.25, -0.2) is 0 Å². The molecule has 0 heterocycles. The van der Waals surface area contributed by atoms with Gasteiger partial charge in [0.15, 0.2) is 0 Å². The summed E-state index contributed by atoms with van der Waals surface area (Å²) in [5.74, 6) is 0. The summed E-state index contributed by atoms with van der Waals surface area (Å²) in [6.45, 7) is 0. The van der Waals surface area contributed by atoms with Gasteiger partial charge in [0, 0.05) is 0 Å². The van der Waals surface area contributed by atoms with Gasteiger partial charge in [-0.2, -0.15) is 46.9 Å². The Bertz CT molecular complexity index is 472. The first kappa shape index (κ1) is 68.3. The normalized spacial score (nSPS) is 10.4. The van der Waals surface area contributed by atoms with Crippen LogP contribution in [0.5, 0.6) is 0 Å². The van der Waals surface area contributed by atoms with E-state index >= 15 is 0 Å². The molecule has 0 aromatic carbocycles. The Kier molecular flexibility index (Phi) is 66.1. The number of phosphoric acid groups is 6. The van der Waals surface area contributed by atoms with E-state index in [1.165, 1.54) is 0 Å². The Balaban J connectivity index is -0.0000000248. The molecular weight excluding hydrogens is 1180 g/mol. The molecule has 4 radical (unpaired) electrons. The molecule has 212 valence electrons. The molecule has 0 atom stereocenters. The van der Waals surface area contributed by atoms with Crippen LogP contribution in [0.4, 0.5) is 0 Å². The largest absolute Gasteiger partial charge is 2.00 e. The summed E-state index contributed by atoms with van der Waals surface area (Å²) in [5.41, 5.74) is 0. The molecule has 0 spiro atoms. The summed E-state index contributed by atoms with van der Waals surface area (Å²) in [7, 11) is -32.3. The van der Waals surface area contributed by atoms with Gasteiger partial charge in [-0.1, -0.05) is 0 Å². The van der Waals surface area contributed by atoms with E-state index in [1.807, 2.05) is 0 Å². The van der Waals surface area contributed by atoms with E-state index < -0.39 is 46.9 Å². The second kappa shape index (κ2) is 32.9. The van der Waals surface area contributed by atoms with E-state index in [4.69, 9.17) is 115 Å². The minimum atomic E-state index is -5.39. The third-order valence-corrected chi connectivity index (χ3v) is 0. The topological polar surface area (TPSA) is 518 Å². The molecule has 0 aliphatic carbocycles. The molecule has 0 aromatic rings. The fourth-order valence-electron chi connectivity index (χ4n) is 0. The van der Waals surface area contributed by atoms with Crippen molar-refractivity contribution < 1.29 is 313 Å². The molecule has 0 aromatic heterocycles. The third-order valence-electron chi connectivity index (χ3n) is 0. The third kappa shape index (κ3) is 1150. The second-order valence-electron chi connectivity index (χ2n) is 2.68. The zero-order chi connectivity index (χ0) is 27.0. The predicted molar refractivity (Wildman–Crippen MR) is 45.6 cm³/mol. The SMILES string of the molecule is O=P([O-])([O-])[O-].O=P([O-])([O-])[O-].O=P([O-])([O-])[O-].O=P([O-])([O-])[O-].O=P([O-])([O-])[O-].O=P([O-])([O-])[O-].[Eu+2].[Eu+2].[Eu+2].[Eu+2]. The van der Waals surface area contributed by atoms with Crippen LogP contribution >= 0.6 is 46.9 Å². The summed E-state index contributed by atoms with van der Waals surface area (Å²) in [6, 6.07) is 0. The first-order valence-electron chi connectivity index (χ1n) is 4.38. The molecule has 0 aliphatic rings. The van der Waals surface area contributed by atoms with Gasteiger partial charge in [0.1, 0.15) is 0 Å². The molecule has 0 amide bonds. The molecule has 0 rings (SSSR count). The molecule has 0 aliphatic heterocycles. The molecule has 0 unspecified atom stereocenters. The van der Waals surface area contributed by atoms with Crippen molar-refractivity contribution in [3.63, 3.8) is 0 Å². The summed E-state index contributed by atoms with van der Waals surface area (Å²) in [4.78, 5) is 154. The van der Waals surface area contributed by atoms with Gasteiger partial charge in [-0.15, -0.1) is 0 Å². The van der Waals surface area contributed by atoms with Crippen molar-refractivity contribution >= 4 is 46.9 Å². The summed E-state index contributed by atoms with van der Waals surface area (Å²) in [6.07, 6.45) is 0. The quantitative estimate of drug-likeness (QED) is 0.203. The van der Waals surface area contributed by atoms with Crippen molar-refractivity contribution in [1.82, 2.24) is 0 Å². The molecular formula is Eu4O24P6-10. The van der Waals surface area contributed by atoms with Crippen molar-refractivity contribution in [2.24, 2.45) is 0 Å². The zero-order valence-electron chi connectivity index (χ0n) is 14.0. The molecule has 0 N–H and O–H groups in total. The van der Waals surface area contributed by atoms with Crippen molar-refractivity contribution in [2.75, 3.05) is 0 Å². The Hall–Kier alpha value is 7.00. The van der Waals surface area contributed by atoms with Crippen LogP contribution in [0, 0.1) is 198 Å². The van der Waals surface area contributed by atoms with Gasteiger partial charge in [0.05, 0.1) is 0 Å². The Morgan fingerprint density at radius 1 is 0.206 bits per heavy atom. The minimum Gasteiger partial charge on any atom is -0.822 e. The zero-order valence-corrected chi connectivity index (χ0v) is 29.1. The first-order chi connectivity index (χ1) is 12.0. The standard InChI is InChI=1S/4Eu.6H3O4P/c;;;;6*1-5(2,3)4/h;;;;6*(H3,1,2,3,4)/q4*+2;;;;;;/p-18. The van der Waals surface area contributed by atoms with Crippen molar-refractivity contribution in [3.8, 4) is 0 Å². The fourth-order valence-corrected chi connectivity index (χ4v) is 0. The number of hydrogen-bond donors (Lipinski definition) is 0. The van der Waals surface area contributed by atoms with Crippen LogP contribution in [-0.2, 0) is 27.4 Å². The molecule has 34 heteroatoms. The fraction of sp³-hybridized carbons (Fsp3) is 0. The molecule has 34 heavy (non-hydrogen) atoms. The van der Waals surface area contributed by atoms with E-state index in [9.17, 15) is 0 Å². The van der Waals surface area contributed by atoms with Gasteiger partial charge >= 0.3 is 198 Å². The van der Waals surface area contributed by atoms with Crippen molar-refractivity contribution in [2.45, 2.75) is 0 Å². The Morgan fingerprint density at radius 3 is 0.206 bits per heavy atom. The van der Waals surface area contributed by atoms with Crippen LogP contribution in [0.2, 0.25) is 0 Å². The summed E-state index contributed by atoms with van der Waals surface area (Å²) < 4.78 is 51.3.